The Labute approximate surface area is 253 Å². The van der Waals surface area contributed by atoms with Crippen LogP contribution in [0, 0.1) is 13.8 Å². The quantitative estimate of drug-likeness (QED) is 0.144. The normalized spacial score (nSPS) is 12.8. The maximum absolute atomic E-state index is 12.9. The maximum Gasteiger partial charge on any atom is 0.336 e. The number of carboxylic acid groups (broad SMARTS) is 2. The van der Waals surface area contributed by atoms with Gasteiger partial charge in [-0.3, -0.25) is 4.79 Å². The summed E-state index contributed by atoms with van der Waals surface area (Å²) in [7, 11) is 0. The Morgan fingerprint density at radius 2 is 1.60 bits per heavy atom. The molecule has 0 aliphatic heterocycles. The molecule has 0 saturated heterocycles. The average molecular weight is 590 g/mol. The molecule has 2 atom stereocenters. The molecule has 0 spiro atoms. The first-order chi connectivity index (χ1) is 20.7. The number of carbonyl (C=O) groups is 3. The smallest absolute Gasteiger partial charge is 0.336 e. The lowest BCUT2D eigenvalue weighted by atomic mass is 10.0. The van der Waals surface area contributed by atoms with Crippen molar-refractivity contribution >= 4 is 34.7 Å². The number of carboxylic acids is 2. The summed E-state index contributed by atoms with van der Waals surface area (Å²) in [6.07, 6.45) is 6.59. The fraction of sp³-hybridized carbons (Fsp3) is 0.400. The number of amides is 1. The predicted molar refractivity (Wildman–Crippen MR) is 168 cm³/mol. The molecule has 0 aliphatic rings. The number of allylic oxidation sites excluding steroid dienone is 1. The van der Waals surface area contributed by atoms with Crippen LogP contribution in [0.1, 0.15) is 60.8 Å². The van der Waals surface area contributed by atoms with Gasteiger partial charge in [-0.25, -0.2) is 9.59 Å². The molecule has 0 radical (unpaired) electrons. The monoisotopic (exact) mass is 589 g/mol. The Bertz CT molecular complexity index is 1380. The molecule has 3 rings (SSSR count). The third-order valence-electron chi connectivity index (χ3n) is 7.32. The van der Waals surface area contributed by atoms with Crippen LogP contribution in [-0.4, -0.2) is 60.0 Å². The van der Waals surface area contributed by atoms with Gasteiger partial charge in [-0.2, -0.15) is 0 Å². The first-order valence-corrected chi connectivity index (χ1v) is 14.9. The topological polar surface area (TPSA) is 122 Å². The first kappa shape index (κ1) is 33.5. The van der Waals surface area contributed by atoms with Gasteiger partial charge in [0.25, 0.3) is 5.91 Å². The zero-order chi connectivity index (χ0) is 31.0. The van der Waals surface area contributed by atoms with Crippen LogP contribution >= 0.6 is 0 Å². The molecular formula is C35H43NO7. The van der Waals surface area contributed by atoms with Gasteiger partial charge in [0, 0.05) is 13.2 Å². The van der Waals surface area contributed by atoms with Crippen molar-refractivity contribution in [1.82, 2.24) is 5.32 Å². The van der Waals surface area contributed by atoms with Gasteiger partial charge in [-0.15, -0.1) is 0 Å². The van der Waals surface area contributed by atoms with E-state index in [1.165, 1.54) is 27.5 Å². The molecule has 43 heavy (non-hydrogen) atoms. The van der Waals surface area contributed by atoms with Gasteiger partial charge in [0.2, 0.25) is 0 Å². The third-order valence-corrected chi connectivity index (χ3v) is 7.32. The number of hydrogen-bond acceptors (Lipinski definition) is 5. The molecule has 1 amide bonds. The second kappa shape index (κ2) is 17.8. The molecule has 3 aromatic carbocycles. The standard InChI is InChI=1S/C35H43NO7/c1-25-16-17-27(22-26(25)2)12-6-3-4-11-21-42-32(33(35(40)41)43-24-31(37)38)34(39)36-20-10-5-7-13-28-18-19-29-14-8-9-15-30(29)23-28/h6,8-9,12,14-19,22-23,32-33H,3-5,7,10-11,13,20-21,24H2,1-2H3,(H,36,39)(H,37,38)(H,40,41)/b12-6+. The van der Waals surface area contributed by atoms with Crippen molar-refractivity contribution in [1.29, 1.82) is 0 Å². The SMILES string of the molecule is Cc1ccc(/C=C/CCCCOC(C(=O)NCCCCCc2ccc3ccccc3c2)C(OCC(=O)O)C(=O)O)cc1C. The molecular weight excluding hydrogens is 546 g/mol. The molecule has 230 valence electrons. The minimum Gasteiger partial charge on any atom is -0.480 e. The van der Waals surface area contributed by atoms with Crippen LogP contribution in [-0.2, 0) is 30.3 Å². The van der Waals surface area contributed by atoms with E-state index in [-0.39, 0.29) is 6.61 Å². The van der Waals surface area contributed by atoms with Crippen LogP contribution in [0.5, 0.6) is 0 Å². The Balaban J connectivity index is 1.43. The molecule has 0 bridgehead atoms. The van der Waals surface area contributed by atoms with E-state index in [1.807, 2.05) is 12.1 Å². The second-order valence-electron chi connectivity index (χ2n) is 10.8. The molecule has 3 aromatic rings. The highest BCUT2D eigenvalue weighted by molar-refractivity contribution is 5.88. The molecule has 8 heteroatoms. The van der Waals surface area contributed by atoms with Crippen LogP contribution in [0.4, 0.5) is 0 Å². The number of fused-ring (bicyclic) bond motifs is 1. The van der Waals surface area contributed by atoms with Crippen molar-refractivity contribution < 1.29 is 34.1 Å². The lowest BCUT2D eigenvalue weighted by Gasteiger charge is -2.23. The van der Waals surface area contributed by atoms with Crippen LogP contribution < -0.4 is 5.32 Å². The number of aryl methyl sites for hydroxylation is 3. The summed E-state index contributed by atoms with van der Waals surface area (Å²) < 4.78 is 10.7. The van der Waals surface area contributed by atoms with Crippen LogP contribution in [0.3, 0.4) is 0 Å². The number of ether oxygens (including phenoxy) is 2. The van der Waals surface area contributed by atoms with E-state index in [2.05, 4.69) is 79.8 Å². The summed E-state index contributed by atoms with van der Waals surface area (Å²) in [4.78, 5) is 35.8. The molecule has 2 unspecified atom stereocenters. The third kappa shape index (κ3) is 11.7. The summed E-state index contributed by atoms with van der Waals surface area (Å²) in [6.45, 7) is 3.80. The number of aliphatic carboxylic acids is 2. The van der Waals surface area contributed by atoms with E-state index < -0.39 is 36.7 Å². The lowest BCUT2D eigenvalue weighted by molar-refractivity contribution is -0.172. The second-order valence-corrected chi connectivity index (χ2v) is 10.8. The van der Waals surface area contributed by atoms with Gasteiger partial charge in [0.15, 0.2) is 12.2 Å². The molecule has 0 saturated carbocycles. The fourth-order valence-corrected chi connectivity index (χ4v) is 4.75. The lowest BCUT2D eigenvalue weighted by Crippen LogP contribution is -2.49. The van der Waals surface area contributed by atoms with Crippen LogP contribution in [0.15, 0.2) is 66.7 Å². The molecule has 0 aromatic heterocycles. The summed E-state index contributed by atoms with van der Waals surface area (Å²) in [5.74, 6) is -3.40. The predicted octanol–water partition coefficient (Wildman–Crippen LogP) is 6.11. The minimum atomic E-state index is -1.73. The fourth-order valence-electron chi connectivity index (χ4n) is 4.75. The highest BCUT2D eigenvalue weighted by Crippen LogP contribution is 2.17. The van der Waals surface area contributed by atoms with Crippen molar-refractivity contribution in [2.24, 2.45) is 0 Å². The number of nitrogens with one attached hydrogen (secondary N) is 1. The molecule has 0 heterocycles. The largest absolute Gasteiger partial charge is 0.480 e. The van der Waals surface area contributed by atoms with Gasteiger partial charge in [0.05, 0.1) is 0 Å². The molecule has 0 fully saturated rings. The highest BCUT2D eigenvalue weighted by Gasteiger charge is 2.36. The van der Waals surface area contributed by atoms with Crippen molar-refractivity contribution in [3.63, 3.8) is 0 Å². The average Bonchev–Trinajstić information content (AvgIpc) is 2.98. The van der Waals surface area contributed by atoms with Gasteiger partial charge in [-0.1, -0.05) is 79.2 Å². The Morgan fingerprint density at radius 3 is 2.35 bits per heavy atom. The zero-order valence-electron chi connectivity index (χ0n) is 25.1. The van der Waals surface area contributed by atoms with E-state index in [0.29, 0.717) is 19.4 Å². The number of unbranched alkanes of at least 4 members (excludes halogenated alkanes) is 4. The minimum absolute atomic E-state index is 0.140. The van der Waals surface area contributed by atoms with E-state index in [1.54, 1.807) is 0 Å². The van der Waals surface area contributed by atoms with Gasteiger partial charge < -0.3 is 25.0 Å². The number of hydrogen-bond donors (Lipinski definition) is 3. The van der Waals surface area contributed by atoms with Gasteiger partial charge >= 0.3 is 11.9 Å². The summed E-state index contributed by atoms with van der Waals surface area (Å²) in [6, 6.07) is 21.0. The molecule has 3 N–H and O–H groups in total. The van der Waals surface area contributed by atoms with E-state index in [0.717, 1.165) is 37.7 Å². The van der Waals surface area contributed by atoms with Crippen molar-refractivity contribution in [3.8, 4) is 0 Å². The van der Waals surface area contributed by atoms with E-state index in [4.69, 9.17) is 14.6 Å². The van der Waals surface area contributed by atoms with Crippen molar-refractivity contribution in [2.45, 2.75) is 71.0 Å². The van der Waals surface area contributed by atoms with E-state index >= 15 is 0 Å². The van der Waals surface area contributed by atoms with Crippen molar-refractivity contribution in [3.05, 3.63) is 89.0 Å². The van der Waals surface area contributed by atoms with Crippen LogP contribution in [0.2, 0.25) is 0 Å². The Morgan fingerprint density at radius 1 is 0.814 bits per heavy atom. The Kier molecular flexibility index (Phi) is 13.9. The first-order valence-electron chi connectivity index (χ1n) is 14.9. The van der Waals surface area contributed by atoms with Crippen molar-refractivity contribution in [2.75, 3.05) is 19.8 Å². The summed E-state index contributed by atoms with van der Waals surface area (Å²) in [5.41, 5.74) is 4.87. The highest BCUT2D eigenvalue weighted by atomic mass is 16.6. The van der Waals surface area contributed by atoms with Crippen LogP contribution in [0.25, 0.3) is 16.8 Å². The molecule has 0 aliphatic carbocycles. The molecule has 8 nitrogen and oxygen atoms in total. The van der Waals surface area contributed by atoms with Gasteiger partial charge in [-0.05, 0) is 85.4 Å². The van der Waals surface area contributed by atoms with Gasteiger partial charge in [0.1, 0.15) is 6.61 Å². The number of rotatable bonds is 19. The summed E-state index contributed by atoms with van der Waals surface area (Å²) >= 11 is 0. The van der Waals surface area contributed by atoms with E-state index in [9.17, 15) is 19.5 Å². The maximum atomic E-state index is 12.9. The number of carbonyl (C=O) groups excluding carboxylic acids is 1. The zero-order valence-corrected chi connectivity index (χ0v) is 25.1. The Hall–Kier alpha value is -4.01. The summed E-state index contributed by atoms with van der Waals surface area (Å²) in [5, 5.41) is 23.8. The number of benzene rings is 3.